The first-order chi connectivity index (χ1) is 7.72. The van der Waals surface area contributed by atoms with Gasteiger partial charge in [0.05, 0.1) is 0 Å². The van der Waals surface area contributed by atoms with E-state index in [1.54, 1.807) is 0 Å². The summed E-state index contributed by atoms with van der Waals surface area (Å²) in [5.41, 5.74) is 1.51. The molecule has 0 aromatic carbocycles. The van der Waals surface area contributed by atoms with E-state index in [2.05, 4.69) is 23.4 Å². The second-order valence-corrected chi connectivity index (χ2v) is 6.17. The Kier molecular flexibility index (Phi) is 2.80. The van der Waals surface area contributed by atoms with Crippen LogP contribution in [0.1, 0.15) is 25.7 Å². The fraction of sp³-hybridized carbons (Fsp3) is 0.857. The van der Waals surface area contributed by atoms with Crippen LogP contribution in [0.2, 0.25) is 0 Å². The molecule has 0 N–H and O–H groups in total. The predicted octanol–water partition coefficient (Wildman–Crippen LogP) is 1.98. The van der Waals surface area contributed by atoms with Crippen molar-refractivity contribution in [1.82, 2.24) is 9.80 Å². The molecular formula is C14H24N2. The summed E-state index contributed by atoms with van der Waals surface area (Å²) in [6.07, 6.45) is 5.39. The summed E-state index contributed by atoms with van der Waals surface area (Å²) in [4.78, 5) is 5.25. The fourth-order valence-electron chi connectivity index (χ4n) is 3.90. The van der Waals surface area contributed by atoms with Crippen molar-refractivity contribution < 1.29 is 0 Å². The van der Waals surface area contributed by atoms with E-state index in [-0.39, 0.29) is 0 Å². The Morgan fingerprint density at radius 3 is 2.69 bits per heavy atom. The van der Waals surface area contributed by atoms with Crippen molar-refractivity contribution in [3.63, 3.8) is 0 Å². The normalized spacial score (nSPS) is 41.6. The molecule has 90 valence electrons. The highest BCUT2D eigenvalue weighted by Crippen LogP contribution is 2.39. The van der Waals surface area contributed by atoms with E-state index in [9.17, 15) is 0 Å². The van der Waals surface area contributed by atoms with Gasteiger partial charge in [-0.1, -0.05) is 12.2 Å². The number of nitrogens with zero attached hydrogens (tertiary/aromatic N) is 2. The largest absolute Gasteiger partial charge is 0.305 e. The van der Waals surface area contributed by atoms with Gasteiger partial charge in [-0.25, -0.2) is 0 Å². The Bertz CT molecular complexity index is 286. The van der Waals surface area contributed by atoms with Crippen LogP contribution in [0.5, 0.6) is 0 Å². The summed E-state index contributed by atoms with van der Waals surface area (Å²) in [5, 5.41) is 0. The van der Waals surface area contributed by atoms with Crippen LogP contribution in [0.25, 0.3) is 0 Å². The van der Waals surface area contributed by atoms with Gasteiger partial charge in [0.15, 0.2) is 0 Å². The minimum atomic E-state index is 0.851. The Morgan fingerprint density at radius 1 is 1.12 bits per heavy atom. The number of likely N-dealkylation sites (N-methyl/N-ethyl adjacent to an activating group) is 1. The van der Waals surface area contributed by atoms with E-state index in [4.69, 9.17) is 0 Å². The third-order valence-corrected chi connectivity index (χ3v) is 4.91. The minimum absolute atomic E-state index is 0.851. The van der Waals surface area contributed by atoms with Crippen molar-refractivity contribution in [2.75, 3.05) is 33.2 Å². The van der Waals surface area contributed by atoms with Gasteiger partial charge < -0.3 is 4.90 Å². The van der Waals surface area contributed by atoms with Gasteiger partial charge in [-0.3, -0.25) is 4.90 Å². The Morgan fingerprint density at radius 2 is 1.94 bits per heavy atom. The molecule has 0 amide bonds. The highest BCUT2D eigenvalue weighted by molar-refractivity contribution is 5.05. The molecule has 0 aromatic rings. The number of hydrogen-bond donors (Lipinski definition) is 0. The third-order valence-electron chi connectivity index (χ3n) is 4.91. The number of allylic oxidation sites excluding steroid dienone is 1. The standard InChI is InChI=1S/C14H24N2/c1-11-3-4-12-8-16(9-13(12)7-11)14-5-6-15(2)10-14/h12-14H,1,3-10H2,2H3. The maximum atomic E-state index is 4.18. The summed E-state index contributed by atoms with van der Waals surface area (Å²) >= 11 is 0. The Balaban J connectivity index is 1.62. The second-order valence-electron chi connectivity index (χ2n) is 6.17. The maximum Gasteiger partial charge on any atom is 0.0235 e. The van der Waals surface area contributed by atoms with E-state index >= 15 is 0 Å². The molecule has 3 atom stereocenters. The van der Waals surface area contributed by atoms with Crippen molar-refractivity contribution in [2.45, 2.75) is 31.7 Å². The van der Waals surface area contributed by atoms with Gasteiger partial charge in [0.2, 0.25) is 0 Å². The molecule has 3 fully saturated rings. The lowest BCUT2D eigenvalue weighted by molar-refractivity contribution is 0.231. The highest BCUT2D eigenvalue weighted by atomic mass is 15.3. The highest BCUT2D eigenvalue weighted by Gasteiger charge is 2.39. The van der Waals surface area contributed by atoms with Gasteiger partial charge in [0, 0.05) is 25.7 Å². The smallest absolute Gasteiger partial charge is 0.0235 e. The van der Waals surface area contributed by atoms with Gasteiger partial charge in [-0.2, -0.15) is 0 Å². The lowest BCUT2D eigenvalue weighted by Crippen LogP contribution is -2.35. The minimum Gasteiger partial charge on any atom is -0.305 e. The lowest BCUT2D eigenvalue weighted by Gasteiger charge is -2.25. The van der Waals surface area contributed by atoms with E-state index in [0.29, 0.717) is 0 Å². The number of likely N-dealkylation sites (tertiary alicyclic amines) is 2. The molecule has 1 saturated carbocycles. The maximum absolute atomic E-state index is 4.18. The summed E-state index contributed by atoms with van der Waals surface area (Å²) in [7, 11) is 2.25. The quantitative estimate of drug-likeness (QED) is 0.624. The predicted molar refractivity (Wildman–Crippen MR) is 67.4 cm³/mol. The summed E-state index contributed by atoms with van der Waals surface area (Å²) < 4.78 is 0. The summed E-state index contributed by atoms with van der Waals surface area (Å²) in [6, 6.07) is 0.851. The van der Waals surface area contributed by atoms with Crippen molar-refractivity contribution >= 4 is 0 Å². The van der Waals surface area contributed by atoms with Gasteiger partial charge in [-0.05, 0) is 51.1 Å². The van der Waals surface area contributed by atoms with Crippen LogP contribution in [0, 0.1) is 11.8 Å². The lowest BCUT2D eigenvalue weighted by atomic mass is 9.80. The van der Waals surface area contributed by atoms with Crippen molar-refractivity contribution in [1.29, 1.82) is 0 Å². The van der Waals surface area contributed by atoms with E-state index in [1.807, 2.05) is 0 Å². The van der Waals surface area contributed by atoms with Crippen LogP contribution in [0.4, 0.5) is 0 Å². The zero-order valence-electron chi connectivity index (χ0n) is 10.5. The molecule has 2 nitrogen and oxygen atoms in total. The number of rotatable bonds is 1. The topological polar surface area (TPSA) is 6.48 Å². The number of hydrogen-bond acceptors (Lipinski definition) is 2. The molecule has 2 aliphatic heterocycles. The van der Waals surface area contributed by atoms with Crippen LogP contribution in [0.15, 0.2) is 12.2 Å². The summed E-state index contributed by atoms with van der Waals surface area (Å²) in [5.74, 6) is 1.92. The molecule has 0 aromatic heterocycles. The molecule has 2 saturated heterocycles. The second kappa shape index (κ2) is 4.15. The molecule has 16 heavy (non-hydrogen) atoms. The van der Waals surface area contributed by atoms with E-state index in [0.717, 1.165) is 17.9 Å². The molecule has 3 rings (SSSR count). The molecule has 0 bridgehead atoms. The van der Waals surface area contributed by atoms with E-state index < -0.39 is 0 Å². The Hall–Kier alpha value is -0.340. The van der Waals surface area contributed by atoms with Crippen molar-refractivity contribution in [3.05, 3.63) is 12.2 Å². The first-order valence-electron chi connectivity index (χ1n) is 6.81. The zero-order chi connectivity index (χ0) is 11.1. The molecule has 1 aliphatic carbocycles. The summed E-state index contributed by atoms with van der Waals surface area (Å²) in [6.45, 7) is 9.49. The van der Waals surface area contributed by atoms with Crippen LogP contribution in [0.3, 0.4) is 0 Å². The third kappa shape index (κ3) is 1.93. The number of fused-ring (bicyclic) bond motifs is 1. The first-order valence-corrected chi connectivity index (χ1v) is 6.81. The molecule has 0 radical (unpaired) electrons. The van der Waals surface area contributed by atoms with Crippen LogP contribution in [-0.2, 0) is 0 Å². The van der Waals surface area contributed by atoms with Crippen molar-refractivity contribution in [3.8, 4) is 0 Å². The van der Waals surface area contributed by atoms with Gasteiger partial charge in [-0.15, -0.1) is 0 Å². The average Bonchev–Trinajstić information content (AvgIpc) is 2.83. The van der Waals surface area contributed by atoms with Crippen molar-refractivity contribution in [2.24, 2.45) is 11.8 Å². The van der Waals surface area contributed by atoms with Crippen LogP contribution >= 0.6 is 0 Å². The molecule has 3 aliphatic rings. The SMILES string of the molecule is C=C1CCC2CN(C3CCN(C)C3)CC2C1. The van der Waals surface area contributed by atoms with Gasteiger partial charge in [0.25, 0.3) is 0 Å². The monoisotopic (exact) mass is 220 g/mol. The molecule has 3 unspecified atom stereocenters. The molecule has 2 heteroatoms. The zero-order valence-corrected chi connectivity index (χ0v) is 10.5. The van der Waals surface area contributed by atoms with Gasteiger partial charge in [0.1, 0.15) is 0 Å². The van der Waals surface area contributed by atoms with E-state index in [1.165, 1.54) is 57.4 Å². The first kappa shape index (κ1) is 10.8. The molecule has 0 spiro atoms. The fourth-order valence-corrected chi connectivity index (χ4v) is 3.90. The molecular weight excluding hydrogens is 196 g/mol. The van der Waals surface area contributed by atoms with Gasteiger partial charge >= 0.3 is 0 Å². The molecule has 2 heterocycles. The average molecular weight is 220 g/mol. The Labute approximate surface area is 99.3 Å². The van der Waals surface area contributed by atoms with Crippen LogP contribution in [-0.4, -0.2) is 49.1 Å². The van der Waals surface area contributed by atoms with Crippen LogP contribution < -0.4 is 0 Å².